The van der Waals surface area contributed by atoms with Crippen LogP contribution in [0, 0.1) is 6.92 Å². The zero-order chi connectivity index (χ0) is 21.8. The van der Waals surface area contributed by atoms with Gasteiger partial charge in [0.2, 0.25) is 11.8 Å². The van der Waals surface area contributed by atoms with Crippen LogP contribution in [-0.2, 0) is 23.2 Å². The Balaban J connectivity index is 1.52. The fourth-order valence-electron chi connectivity index (χ4n) is 3.12. The molecule has 1 aromatic heterocycles. The molecule has 2 amide bonds. The predicted molar refractivity (Wildman–Crippen MR) is 121 cm³/mol. The van der Waals surface area contributed by atoms with Crippen LogP contribution < -0.4 is 5.32 Å². The lowest BCUT2D eigenvalue weighted by Gasteiger charge is -2.14. The van der Waals surface area contributed by atoms with Crippen molar-refractivity contribution in [1.82, 2.24) is 19.9 Å². The van der Waals surface area contributed by atoms with Crippen molar-refractivity contribution in [3.63, 3.8) is 0 Å². The highest BCUT2D eigenvalue weighted by Gasteiger charge is 2.39. The summed E-state index contributed by atoms with van der Waals surface area (Å²) < 4.78 is 0. The first kappa shape index (κ1) is 20.8. The maximum Gasteiger partial charge on any atom is 0.243 e. The summed E-state index contributed by atoms with van der Waals surface area (Å²) in [4.78, 5) is 33.4. The second-order valence-electron chi connectivity index (χ2n) is 7.20. The molecule has 1 unspecified atom stereocenters. The van der Waals surface area contributed by atoms with Crippen molar-refractivity contribution in [1.29, 1.82) is 0 Å². The number of rotatable bonds is 6. The Kier molecular flexibility index (Phi) is 6.13. The Morgan fingerprint density at radius 2 is 1.90 bits per heavy atom. The molecule has 8 nitrogen and oxygen atoms in total. The maximum absolute atomic E-state index is 13.1. The Bertz CT molecular complexity index is 1110. The molecular formula is C22H22N6O2S. The van der Waals surface area contributed by atoms with Gasteiger partial charge in [0.15, 0.2) is 5.17 Å². The number of carbonyl (C=O) groups is 2. The number of nitrogens with one attached hydrogen (secondary N) is 1. The minimum absolute atomic E-state index is 0.0577. The van der Waals surface area contributed by atoms with Gasteiger partial charge in [-0.05, 0) is 31.2 Å². The van der Waals surface area contributed by atoms with Crippen molar-refractivity contribution < 1.29 is 9.59 Å². The number of para-hydroxylation sites is 1. The number of carbonyl (C=O) groups excluding carboxylic acids is 2. The summed E-state index contributed by atoms with van der Waals surface area (Å²) in [6, 6.07) is 17.0. The van der Waals surface area contributed by atoms with Gasteiger partial charge in [-0.3, -0.25) is 14.5 Å². The number of aromatic nitrogens is 3. The molecule has 4 rings (SSSR count). The number of thioether (sulfide) groups is 1. The van der Waals surface area contributed by atoms with Gasteiger partial charge in [-0.15, -0.1) is 0 Å². The maximum atomic E-state index is 13.1. The molecule has 1 saturated heterocycles. The molecular weight excluding hydrogens is 412 g/mol. The van der Waals surface area contributed by atoms with Gasteiger partial charge < -0.3 is 5.32 Å². The first-order valence-electron chi connectivity index (χ1n) is 9.81. The third kappa shape index (κ3) is 5.18. The van der Waals surface area contributed by atoms with Gasteiger partial charge in [0.1, 0.15) is 10.9 Å². The monoisotopic (exact) mass is 434 g/mol. The molecule has 0 spiro atoms. The van der Waals surface area contributed by atoms with Crippen molar-refractivity contribution >= 4 is 40.1 Å². The van der Waals surface area contributed by atoms with Gasteiger partial charge in [0, 0.05) is 19.2 Å². The number of hydrogen-bond acceptors (Lipinski definition) is 6. The number of anilines is 1. The minimum Gasteiger partial charge on any atom is -0.326 e. The van der Waals surface area contributed by atoms with Gasteiger partial charge in [-0.2, -0.15) is 15.0 Å². The smallest absolute Gasteiger partial charge is 0.243 e. The summed E-state index contributed by atoms with van der Waals surface area (Å²) in [5, 5.41) is 11.2. The summed E-state index contributed by atoms with van der Waals surface area (Å²) in [5.41, 5.74) is 3.22. The van der Waals surface area contributed by atoms with Crippen LogP contribution in [0.3, 0.4) is 0 Å². The summed E-state index contributed by atoms with van der Waals surface area (Å²) in [7, 11) is 1.72. The van der Waals surface area contributed by atoms with Crippen molar-refractivity contribution in [3.05, 3.63) is 72.1 Å². The Morgan fingerprint density at radius 3 is 2.58 bits per heavy atom. The molecule has 158 valence electrons. The molecule has 3 aromatic rings. The molecule has 2 heterocycles. The molecule has 0 bridgehead atoms. The predicted octanol–water partition coefficient (Wildman–Crippen LogP) is 3.28. The molecule has 0 saturated carbocycles. The highest BCUT2D eigenvalue weighted by Crippen LogP contribution is 2.32. The van der Waals surface area contributed by atoms with Gasteiger partial charge in [-0.1, -0.05) is 47.7 Å². The van der Waals surface area contributed by atoms with E-state index in [4.69, 9.17) is 0 Å². The van der Waals surface area contributed by atoms with E-state index in [1.807, 2.05) is 61.5 Å². The van der Waals surface area contributed by atoms with Crippen molar-refractivity contribution in [2.24, 2.45) is 12.0 Å². The van der Waals surface area contributed by atoms with Gasteiger partial charge in [0.25, 0.3) is 0 Å². The molecule has 9 heteroatoms. The fraction of sp³-hybridized carbons (Fsp3) is 0.227. The molecule has 0 aliphatic carbocycles. The summed E-state index contributed by atoms with van der Waals surface area (Å²) >= 11 is 1.30. The van der Waals surface area contributed by atoms with Crippen LogP contribution in [0.1, 0.15) is 17.7 Å². The third-order valence-electron chi connectivity index (χ3n) is 4.67. The molecule has 1 fully saturated rings. The van der Waals surface area contributed by atoms with E-state index in [1.54, 1.807) is 18.1 Å². The standard InChI is InChI=1S/C22H22N6O2S/c1-15-8-10-17(11-9-15)24-20(29)12-19-21(30)28(14-18-13-23-27(2)26-18)22(31-19)25-16-6-4-3-5-7-16/h3-11,13,19H,12,14H2,1-2H3,(H,24,29). The number of aryl methyl sites for hydroxylation is 2. The molecule has 0 radical (unpaired) electrons. The molecule has 1 N–H and O–H groups in total. The van der Waals surface area contributed by atoms with Crippen molar-refractivity contribution in [3.8, 4) is 0 Å². The van der Waals surface area contributed by atoms with Crippen LogP contribution in [0.5, 0.6) is 0 Å². The lowest BCUT2D eigenvalue weighted by atomic mass is 10.2. The molecule has 1 atom stereocenters. The molecule has 2 aromatic carbocycles. The average Bonchev–Trinajstić information content (AvgIpc) is 3.29. The summed E-state index contributed by atoms with van der Waals surface area (Å²) in [6.07, 6.45) is 1.68. The van der Waals surface area contributed by atoms with Crippen LogP contribution in [0.4, 0.5) is 11.4 Å². The highest BCUT2D eigenvalue weighted by atomic mass is 32.2. The van der Waals surface area contributed by atoms with E-state index in [1.165, 1.54) is 16.6 Å². The number of hydrogen-bond donors (Lipinski definition) is 1. The Hall–Kier alpha value is -3.46. The van der Waals surface area contributed by atoms with Crippen LogP contribution in [0.25, 0.3) is 0 Å². The molecule has 1 aliphatic heterocycles. The Labute approximate surface area is 184 Å². The average molecular weight is 435 g/mol. The van der Waals surface area contributed by atoms with Crippen LogP contribution in [-0.4, -0.2) is 42.1 Å². The SMILES string of the molecule is Cc1ccc(NC(=O)CC2SC(=Nc3ccccc3)N(Cc3cnn(C)n3)C2=O)cc1. The van der Waals surface area contributed by atoms with E-state index in [-0.39, 0.29) is 24.8 Å². The Morgan fingerprint density at radius 1 is 1.16 bits per heavy atom. The minimum atomic E-state index is -0.551. The second-order valence-corrected chi connectivity index (χ2v) is 8.37. The number of nitrogens with zero attached hydrogens (tertiary/aromatic N) is 5. The zero-order valence-corrected chi connectivity index (χ0v) is 18.0. The largest absolute Gasteiger partial charge is 0.326 e. The van der Waals surface area contributed by atoms with Gasteiger partial charge in [0.05, 0.1) is 18.4 Å². The zero-order valence-electron chi connectivity index (χ0n) is 17.2. The lowest BCUT2D eigenvalue weighted by Crippen LogP contribution is -2.33. The van der Waals surface area contributed by atoms with Crippen molar-refractivity contribution in [2.75, 3.05) is 5.32 Å². The first-order valence-corrected chi connectivity index (χ1v) is 10.7. The fourth-order valence-corrected chi connectivity index (χ4v) is 4.28. The highest BCUT2D eigenvalue weighted by molar-refractivity contribution is 8.15. The second kappa shape index (κ2) is 9.13. The van der Waals surface area contributed by atoms with E-state index in [9.17, 15) is 9.59 Å². The van der Waals surface area contributed by atoms with Gasteiger partial charge in [-0.25, -0.2) is 4.99 Å². The van der Waals surface area contributed by atoms with Crippen molar-refractivity contribution in [2.45, 2.75) is 25.1 Å². The topological polar surface area (TPSA) is 92.5 Å². The van der Waals surface area contributed by atoms with Crippen LogP contribution in [0.2, 0.25) is 0 Å². The number of amides is 2. The van der Waals surface area contributed by atoms with Crippen LogP contribution in [0.15, 0.2) is 65.8 Å². The van der Waals surface area contributed by atoms with E-state index in [2.05, 4.69) is 20.5 Å². The summed E-state index contributed by atoms with van der Waals surface area (Å²) in [5.74, 6) is -0.375. The quantitative estimate of drug-likeness (QED) is 0.643. The third-order valence-corrected chi connectivity index (χ3v) is 5.85. The number of benzene rings is 2. The molecule has 1 aliphatic rings. The number of amidine groups is 1. The summed E-state index contributed by atoms with van der Waals surface area (Å²) in [6.45, 7) is 2.24. The van der Waals surface area contributed by atoms with Crippen LogP contribution >= 0.6 is 11.8 Å². The van der Waals surface area contributed by atoms with E-state index >= 15 is 0 Å². The number of aliphatic imine (C=N–C) groups is 1. The normalized spacial score (nSPS) is 17.4. The molecule has 31 heavy (non-hydrogen) atoms. The lowest BCUT2D eigenvalue weighted by molar-refractivity contribution is -0.128. The van der Waals surface area contributed by atoms with E-state index < -0.39 is 5.25 Å². The first-order chi connectivity index (χ1) is 15.0. The van der Waals surface area contributed by atoms with E-state index in [0.717, 1.165) is 11.3 Å². The van der Waals surface area contributed by atoms with E-state index in [0.29, 0.717) is 16.5 Å². The van der Waals surface area contributed by atoms with Gasteiger partial charge >= 0.3 is 0 Å².